The summed E-state index contributed by atoms with van der Waals surface area (Å²) in [5.41, 5.74) is 3.15. The number of amides is 2. The van der Waals surface area contributed by atoms with Gasteiger partial charge in [-0.25, -0.2) is 0 Å². The van der Waals surface area contributed by atoms with E-state index in [2.05, 4.69) is 20.8 Å². The van der Waals surface area contributed by atoms with E-state index in [4.69, 9.17) is 11.6 Å². The normalized spacial score (nSPS) is 10.7. The summed E-state index contributed by atoms with van der Waals surface area (Å²) in [4.78, 5) is 24.6. The van der Waals surface area contributed by atoms with Gasteiger partial charge >= 0.3 is 0 Å². The minimum Gasteiger partial charge on any atom is -0.345 e. The number of aryl methyl sites for hydroxylation is 2. The molecule has 0 radical (unpaired) electrons. The SMILES string of the molecule is Cc1ccc(Cl)cc1NC(=O)CSc1nnc(CNC(=O)c2ccccc2C)n1C. The number of nitrogens with zero attached hydrogens (tertiary/aromatic N) is 3. The minimum atomic E-state index is -0.165. The van der Waals surface area contributed by atoms with Crippen LogP contribution in [0.5, 0.6) is 0 Å². The summed E-state index contributed by atoms with van der Waals surface area (Å²) in [5.74, 6) is 0.447. The van der Waals surface area contributed by atoms with Crippen molar-refractivity contribution in [3.05, 3.63) is 70.0 Å². The van der Waals surface area contributed by atoms with Crippen LogP contribution in [0.4, 0.5) is 5.69 Å². The van der Waals surface area contributed by atoms with Gasteiger partial charge in [-0.05, 0) is 43.2 Å². The molecule has 2 aromatic carbocycles. The second-order valence-corrected chi connectivity index (χ2v) is 8.13. The molecule has 0 fully saturated rings. The minimum absolute atomic E-state index is 0.164. The van der Waals surface area contributed by atoms with Crippen LogP contribution in [0.1, 0.15) is 27.3 Å². The zero-order valence-electron chi connectivity index (χ0n) is 16.9. The highest BCUT2D eigenvalue weighted by atomic mass is 35.5. The van der Waals surface area contributed by atoms with Crippen molar-refractivity contribution in [3.63, 3.8) is 0 Å². The molecule has 0 saturated carbocycles. The maximum absolute atomic E-state index is 12.4. The lowest BCUT2D eigenvalue weighted by Crippen LogP contribution is -2.25. The molecule has 30 heavy (non-hydrogen) atoms. The lowest BCUT2D eigenvalue weighted by atomic mass is 10.1. The topological polar surface area (TPSA) is 88.9 Å². The molecule has 1 aromatic heterocycles. The third-order valence-electron chi connectivity index (χ3n) is 4.53. The molecule has 0 aliphatic rings. The maximum atomic E-state index is 12.4. The van der Waals surface area contributed by atoms with Crippen LogP contribution >= 0.6 is 23.4 Å². The average molecular weight is 444 g/mol. The summed E-state index contributed by atoms with van der Waals surface area (Å²) in [5, 5.41) is 15.1. The molecule has 0 saturated heterocycles. The molecule has 3 aromatic rings. The first kappa shape index (κ1) is 21.9. The van der Waals surface area contributed by atoms with E-state index < -0.39 is 0 Å². The number of rotatable bonds is 7. The van der Waals surface area contributed by atoms with Crippen LogP contribution in [0.25, 0.3) is 0 Å². The molecule has 0 aliphatic carbocycles. The quantitative estimate of drug-likeness (QED) is 0.543. The molecule has 9 heteroatoms. The van der Waals surface area contributed by atoms with Crippen LogP contribution < -0.4 is 10.6 Å². The average Bonchev–Trinajstić information content (AvgIpc) is 3.07. The number of halogens is 1. The Labute approximate surface area is 184 Å². The number of aromatic nitrogens is 3. The van der Waals surface area contributed by atoms with Crippen LogP contribution in [-0.4, -0.2) is 32.3 Å². The van der Waals surface area contributed by atoms with Crippen molar-refractivity contribution in [3.8, 4) is 0 Å². The van der Waals surface area contributed by atoms with E-state index in [-0.39, 0.29) is 24.1 Å². The number of thioether (sulfide) groups is 1. The van der Waals surface area contributed by atoms with Crippen molar-refractivity contribution in [2.75, 3.05) is 11.1 Å². The van der Waals surface area contributed by atoms with Gasteiger partial charge < -0.3 is 15.2 Å². The maximum Gasteiger partial charge on any atom is 0.251 e. The molecule has 1 heterocycles. The van der Waals surface area contributed by atoms with Crippen molar-refractivity contribution < 1.29 is 9.59 Å². The Hall–Kier alpha value is -2.84. The van der Waals surface area contributed by atoms with Gasteiger partial charge in [0, 0.05) is 23.3 Å². The predicted molar refractivity (Wildman–Crippen MR) is 119 cm³/mol. The van der Waals surface area contributed by atoms with Gasteiger partial charge in [-0.2, -0.15) is 0 Å². The highest BCUT2D eigenvalue weighted by Gasteiger charge is 2.14. The van der Waals surface area contributed by atoms with Gasteiger partial charge in [-0.3, -0.25) is 9.59 Å². The summed E-state index contributed by atoms with van der Waals surface area (Å²) in [6.45, 7) is 4.03. The second kappa shape index (κ2) is 9.77. The Balaban J connectivity index is 1.55. The molecule has 0 bridgehead atoms. The van der Waals surface area contributed by atoms with E-state index in [1.54, 1.807) is 29.8 Å². The molecule has 0 aliphatic heterocycles. The first-order chi connectivity index (χ1) is 14.3. The Kier molecular flexibility index (Phi) is 7.12. The van der Waals surface area contributed by atoms with Crippen LogP contribution in [0, 0.1) is 13.8 Å². The van der Waals surface area contributed by atoms with Gasteiger partial charge in [0.25, 0.3) is 5.91 Å². The molecule has 0 spiro atoms. The van der Waals surface area contributed by atoms with Crippen LogP contribution in [-0.2, 0) is 18.4 Å². The van der Waals surface area contributed by atoms with Crippen molar-refractivity contribution >= 4 is 40.9 Å². The number of benzene rings is 2. The van der Waals surface area contributed by atoms with Crippen molar-refractivity contribution in [2.24, 2.45) is 7.05 Å². The van der Waals surface area contributed by atoms with Gasteiger partial charge in [0.05, 0.1) is 12.3 Å². The summed E-state index contributed by atoms with van der Waals surface area (Å²) < 4.78 is 1.76. The summed E-state index contributed by atoms with van der Waals surface area (Å²) in [6, 6.07) is 12.7. The number of hydrogen-bond acceptors (Lipinski definition) is 5. The number of carbonyl (C=O) groups is 2. The van der Waals surface area contributed by atoms with Crippen LogP contribution in [0.15, 0.2) is 47.6 Å². The van der Waals surface area contributed by atoms with E-state index in [1.165, 1.54) is 11.8 Å². The summed E-state index contributed by atoms with van der Waals surface area (Å²) >= 11 is 7.26. The van der Waals surface area contributed by atoms with Crippen molar-refractivity contribution in [2.45, 2.75) is 25.5 Å². The Morgan fingerprint density at radius 1 is 1.10 bits per heavy atom. The summed E-state index contributed by atoms with van der Waals surface area (Å²) in [7, 11) is 1.80. The third-order valence-corrected chi connectivity index (χ3v) is 5.78. The van der Waals surface area contributed by atoms with E-state index in [1.807, 2.05) is 38.1 Å². The van der Waals surface area contributed by atoms with Crippen LogP contribution in [0.3, 0.4) is 0 Å². The smallest absolute Gasteiger partial charge is 0.251 e. The highest BCUT2D eigenvalue weighted by molar-refractivity contribution is 7.99. The first-order valence-electron chi connectivity index (χ1n) is 9.26. The molecular formula is C21H22ClN5O2S. The largest absolute Gasteiger partial charge is 0.345 e. The standard InChI is InChI=1S/C21H22ClN5O2S/c1-13-6-4-5-7-16(13)20(29)23-11-18-25-26-21(27(18)3)30-12-19(28)24-17-10-15(22)9-8-14(17)2/h4-10H,11-12H2,1-3H3,(H,23,29)(H,24,28). The Bertz CT molecular complexity index is 1080. The van der Waals surface area contributed by atoms with Gasteiger partial charge in [-0.1, -0.05) is 47.6 Å². The first-order valence-corrected chi connectivity index (χ1v) is 10.6. The lowest BCUT2D eigenvalue weighted by molar-refractivity contribution is -0.113. The zero-order valence-corrected chi connectivity index (χ0v) is 18.5. The van der Waals surface area contributed by atoms with Gasteiger partial charge in [0.15, 0.2) is 11.0 Å². The fourth-order valence-electron chi connectivity index (χ4n) is 2.75. The monoisotopic (exact) mass is 443 g/mol. The fourth-order valence-corrected chi connectivity index (χ4v) is 3.65. The molecule has 3 rings (SSSR count). The summed E-state index contributed by atoms with van der Waals surface area (Å²) in [6.07, 6.45) is 0. The molecular weight excluding hydrogens is 422 g/mol. The Morgan fingerprint density at radius 3 is 2.63 bits per heavy atom. The van der Waals surface area contributed by atoms with Gasteiger partial charge in [-0.15, -0.1) is 10.2 Å². The van der Waals surface area contributed by atoms with E-state index in [0.29, 0.717) is 27.3 Å². The molecule has 156 valence electrons. The van der Waals surface area contributed by atoms with Crippen molar-refractivity contribution in [1.82, 2.24) is 20.1 Å². The van der Waals surface area contributed by atoms with Gasteiger partial charge in [0.2, 0.25) is 5.91 Å². The van der Waals surface area contributed by atoms with Gasteiger partial charge in [0.1, 0.15) is 0 Å². The zero-order chi connectivity index (χ0) is 21.7. The molecule has 0 unspecified atom stereocenters. The molecule has 0 atom stereocenters. The van der Waals surface area contributed by atoms with Crippen LogP contribution in [0.2, 0.25) is 5.02 Å². The number of anilines is 1. The van der Waals surface area contributed by atoms with Crippen molar-refractivity contribution in [1.29, 1.82) is 0 Å². The van der Waals surface area contributed by atoms with E-state index in [0.717, 1.165) is 11.1 Å². The Morgan fingerprint density at radius 2 is 1.87 bits per heavy atom. The lowest BCUT2D eigenvalue weighted by Gasteiger charge is -2.09. The van der Waals surface area contributed by atoms with E-state index >= 15 is 0 Å². The predicted octanol–water partition coefficient (Wildman–Crippen LogP) is 3.75. The number of carbonyl (C=O) groups excluding carboxylic acids is 2. The molecule has 2 amide bonds. The number of hydrogen-bond donors (Lipinski definition) is 2. The highest BCUT2D eigenvalue weighted by Crippen LogP contribution is 2.21. The fraction of sp³-hybridized carbons (Fsp3) is 0.238. The second-order valence-electron chi connectivity index (χ2n) is 6.75. The molecule has 2 N–H and O–H groups in total. The third kappa shape index (κ3) is 5.40. The number of nitrogens with one attached hydrogen (secondary N) is 2. The van der Waals surface area contributed by atoms with E-state index in [9.17, 15) is 9.59 Å². The molecule has 7 nitrogen and oxygen atoms in total.